The minimum atomic E-state index is -0.215. The summed E-state index contributed by atoms with van der Waals surface area (Å²) in [6.07, 6.45) is 1.04. The lowest BCUT2D eigenvalue weighted by Gasteiger charge is -2.18. The first-order valence-corrected chi connectivity index (χ1v) is 7.66. The summed E-state index contributed by atoms with van der Waals surface area (Å²) >= 11 is 0. The molecule has 1 unspecified atom stereocenters. The Labute approximate surface area is 155 Å². The molecular weight excluding hydrogens is 356 g/mol. The lowest BCUT2D eigenvalue weighted by molar-refractivity contribution is -0.120. The van der Waals surface area contributed by atoms with Gasteiger partial charge in [-0.15, -0.1) is 24.8 Å². The third kappa shape index (κ3) is 7.66. The summed E-state index contributed by atoms with van der Waals surface area (Å²) in [6, 6.07) is 6.57. The molecule has 1 atom stereocenters. The van der Waals surface area contributed by atoms with Crippen molar-refractivity contribution in [3.8, 4) is 0 Å². The molecular formula is C16H26Cl2FN3O2. The largest absolute Gasteiger partial charge is 0.383 e. The van der Waals surface area contributed by atoms with Crippen LogP contribution in [-0.2, 0) is 9.53 Å². The number of amides is 1. The molecule has 138 valence electrons. The van der Waals surface area contributed by atoms with Gasteiger partial charge in [0.2, 0.25) is 5.91 Å². The van der Waals surface area contributed by atoms with E-state index >= 15 is 0 Å². The summed E-state index contributed by atoms with van der Waals surface area (Å²) in [5.41, 5.74) is 1.04. The smallest absolute Gasteiger partial charge is 0.233 e. The Balaban J connectivity index is 0.00000264. The van der Waals surface area contributed by atoms with Crippen molar-refractivity contribution in [2.75, 3.05) is 51.3 Å². The second-order valence-electron chi connectivity index (χ2n) is 5.55. The van der Waals surface area contributed by atoms with Gasteiger partial charge in [0, 0.05) is 39.0 Å². The minimum absolute atomic E-state index is 0. The predicted molar refractivity (Wildman–Crippen MR) is 99.0 cm³/mol. The predicted octanol–water partition coefficient (Wildman–Crippen LogP) is 1.85. The van der Waals surface area contributed by atoms with E-state index in [1.165, 1.54) is 12.1 Å². The van der Waals surface area contributed by atoms with Gasteiger partial charge in [0.1, 0.15) is 5.82 Å². The Morgan fingerprint density at radius 1 is 1.33 bits per heavy atom. The summed E-state index contributed by atoms with van der Waals surface area (Å²) in [5, 5.41) is 5.97. The molecule has 1 amide bonds. The van der Waals surface area contributed by atoms with Crippen LogP contribution in [0.2, 0.25) is 0 Å². The van der Waals surface area contributed by atoms with Crippen LogP contribution >= 0.6 is 24.8 Å². The highest BCUT2D eigenvalue weighted by Crippen LogP contribution is 2.23. The number of methoxy groups -OCH3 is 1. The molecule has 1 fully saturated rings. The lowest BCUT2D eigenvalue weighted by atomic mass is 10.1. The summed E-state index contributed by atoms with van der Waals surface area (Å²) < 4.78 is 17.8. The van der Waals surface area contributed by atoms with Gasteiger partial charge in [-0.1, -0.05) is 0 Å². The van der Waals surface area contributed by atoms with Crippen LogP contribution in [0.15, 0.2) is 24.3 Å². The van der Waals surface area contributed by atoms with E-state index in [9.17, 15) is 9.18 Å². The molecule has 1 aromatic carbocycles. The number of hydrogen-bond donors (Lipinski definition) is 2. The summed E-state index contributed by atoms with van der Waals surface area (Å²) in [7, 11) is 1.63. The van der Waals surface area contributed by atoms with Crippen LogP contribution in [0.1, 0.15) is 6.42 Å². The second-order valence-corrected chi connectivity index (χ2v) is 5.55. The fraction of sp³-hybridized carbons (Fsp3) is 0.562. The number of nitrogens with one attached hydrogen (secondary N) is 2. The summed E-state index contributed by atoms with van der Waals surface area (Å²) in [5.74, 6) is 0.233. The fourth-order valence-corrected chi connectivity index (χ4v) is 2.58. The van der Waals surface area contributed by atoms with E-state index in [2.05, 4.69) is 15.5 Å². The van der Waals surface area contributed by atoms with E-state index in [0.717, 1.165) is 25.2 Å². The van der Waals surface area contributed by atoms with Gasteiger partial charge in [-0.25, -0.2) is 4.39 Å². The molecule has 0 spiro atoms. The molecule has 0 bridgehead atoms. The SMILES string of the molecule is COCCNCC(=O)NCC1CCN(c2ccc(F)cc2)C1.Cl.Cl. The van der Waals surface area contributed by atoms with Crippen molar-refractivity contribution < 1.29 is 13.9 Å². The van der Waals surface area contributed by atoms with Crippen molar-refractivity contribution in [1.29, 1.82) is 0 Å². The van der Waals surface area contributed by atoms with Gasteiger partial charge in [-0.3, -0.25) is 4.79 Å². The quantitative estimate of drug-likeness (QED) is 0.674. The molecule has 0 saturated carbocycles. The maximum atomic E-state index is 12.9. The van der Waals surface area contributed by atoms with E-state index in [4.69, 9.17) is 4.74 Å². The van der Waals surface area contributed by atoms with Crippen molar-refractivity contribution in [3.05, 3.63) is 30.1 Å². The van der Waals surface area contributed by atoms with E-state index < -0.39 is 0 Å². The molecule has 2 N–H and O–H groups in total. The molecule has 8 heteroatoms. The summed E-state index contributed by atoms with van der Waals surface area (Å²) in [6.45, 7) is 4.11. The average Bonchev–Trinajstić information content (AvgIpc) is 2.99. The Kier molecular flexibility index (Phi) is 11.8. The third-order valence-corrected chi connectivity index (χ3v) is 3.83. The van der Waals surface area contributed by atoms with E-state index in [1.54, 1.807) is 19.2 Å². The van der Waals surface area contributed by atoms with Crippen LogP contribution in [0.4, 0.5) is 10.1 Å². The normalized spacial score (nSPS) is 16.2. The number of ether oxygens (including phenoxy) is 1. The zero-order valence-electron chi connectivity index (χ0n) is 13.8. The Hall–Kier alpha value is -1.08. The molecule has 5 nitrogen and oxygen atoms in total. The van der Waals surface area contributed by atoms with Crippen molar-refractivity contribution in [2.24, 2.45) is 5.92 Å². The maximum Gasteiger partial charge on any atom is 0.233 e. The number of carbonyl (C=O) groups is 1. The zero-order valence-corrected chi connectivity index (χ0v) is 15.4. The van der Waals surface area contributed by atoms with Gasteiger partial charge in [0.15, 0.2) is 0 Å². The topological polar surface area (TPSA) is 53.6 Å². The Bertz CT molecular complexity index is 477. The van der Waals surface area contributed by atoms with Crippen molar-refractivity contribution in [3.63, 3.8) is 0 Å². The van der Waals surface area contributed by atoms with Gasteiger partial charge in [-0.2, -0.15) is 0 Å². The van der Waals surface area contributed by atoms with Crippen LogP contribution in [0.3, 0.4) is 0 Å². The van der Waals surface area contributed by atoms with Crippen LogP contribution in [0.5, 0.6) is 0 Å². The monoisotopic (exact) mass is 381 g/mol. The molecule has 0 radical (unpaired) electrons. The number of nitrogens with zero attached hydrogens (tertiary/aromatic N) is 1. The van der Waals surface area contributed by atoms with Gasteiger partial charge < -0.3 is 20.3 Å². The highest BCUT2D eigenvalue weighted by Gasteiger charge is 2.22. The fourth-order valence-electron chi connectivity index (χ4n) is 2.58. The van der Waals surface area contributed by atoms with Crippen LogP contribution in [0.25, 0.3) is 0 Å². The minimum Gasteiger partial charge on any atom is -0.383 e. The van der Waals surface area contributed by atoms with Crippen LogP contribution < -0.4 is 15.5 Å². The van der Waals surface area contributed by atoms with E-state index in [0.29, 0.717) is 32.2 Å². The molecule has 0 aliphatic carbocycles. The first-order chi connectivity index (χ1) is 10.7. The molecule has 24 heavy (non-hydrogen) atoms. The van der Waals surface area contributed by atoms with Gasteiger partial charge in [-0.05, 0) is 36.6 Å². The maximum absolute atomic E-state index is 12.9. The number of carbonyl (C=O) groups excluding carboxylic acids is 1. The number of benzene rings is 1. The first kappa shape index (κ1) is 22.9. The number of rotatable bonds is 8. The van der Waals surface area contributed by atoms with Crippen molar-refractivity contribution in [1.82, 2.24) is 10.6 Å². The Morgan fingerprint density at radius 2 is 2.04 bits per heavy atom. The van der Waals surface area contributed by atoms with E-state index in [1.807, 2.05) is 0 Å². The molecule has 1 saturated heterocycles. The zero-order chi connectivity index (χ0) is 15.8. The van der Waals surface area contributed by atoms with Crippen molar-refractivity contribution in [2.45, 2.75) is 6.42 Å². The first-order valence-electron chi connectivity index (χ1n) is 7.66. The molecule has 1 heterocycles. The highest BCUT2D eigenvalue weighted by molar-refractivity contribution is 5.85. The molecule has 0 aromatic heterocycles. The molecule has 1 aliphatic rings. The standard InChI is InChI=1S/C16H24FN3O2.2ClH/c1-22-9-7-18-11-16(21)19-10-13-6-8-20(12-13)15-4-2-14(17)3-5-15;;/h2-5,13,18H,6-12H2,1H3,(H,19,21);2*1H. The lowest BCUT2D eigenvalue weighted by Crippen LogP contribution is -2.38. The number of hydrogen-bond acceptors (Lipinski definition) is 4. The summed E-state index contributed by atoms with van der Waals surface area (Å²) in [4.78, 5) is 13.9. The third-order valence-electron chi connectivity index (χ3n) is 3.83. The van der Waals surface area contributed by atoms with E-state index in [-0.39, 0.29) is 36.5 Å². The van der Waals surface area contributed by atoms with Crippen LogP contribution in [-0.4, -0.2) is 52.3 Å². The highest BCUT2D eigenvalue weighted by atomic mass is 35.5. The molecule has 2 rings (SSSR count). The average molecular weight is 382 g/mol. The van der Waals surface area contributed by atoms with Crippen molar-refractivity contribution >= 4 is 36.4 Å². The number of halogens is 3. The van der Waals surface area contributed by atoms with Gasteiger partial charge >= 0.3 is 0 Å². The molecule has 1 aliphatic heterocycles. The van der Waals surface area contributed by atoms with Gasteiger partial charge in [0.05, 0.1) is 13.2 Å². The number of anilines is 1. The van der Waals surface area contributed by atoms with Crippen LogP contribution in [0, 0.1) is 11.7 Å². The molecule has 1 aromatic rings. The van der Waals surface area contributed by atoms with Gasteiger partial charge in [0.25, 0.3) is 0 Å². The Morgan fingerprint density at radius 3 is 2.71 bits per heavy atom. The second kappa shape index (κ2) is 12.3.